The van der Waals surface area contributed by atoms with Crippen molar-refractivity contribution >= 4 is 24.8 Å². The minimum Gasteiger partial charge on any atom is -0.444 e. The topological polar surface area (TPSA) is 61.8 Å². The van der Waals surface area contributed by atoms with Gasteiger partial charge in [-0.2, -0.15) is 0 Å². The van der Waals surface area contributed by atoms with Gasteiger partial charge < -0.3 is 14.8 Å². The molecule has 1 saturated heterocycles. The minimum atomic E-state index is -3.10. The van der Waals surface area contributed by atoms with Crippen LogP contribution < -0.4 is 15.7 Å². The van der Waals surface area contributed by atoms with Gasteiger partial charge in [-0.05, 0) is 54.6 Å². The highest BCUT2D eigenvalue weighted by Gasteiger charge is 2.51. The number of carbonyl (C=O) groups excluding carboxylic acids is 1. The molecule has 202 valence electrons. The summed E-state index contributed by atoms with van der Waals surface area (Å²) in [6.45, 7) is 11.7. The van der Waals surface area contributed by atoms with E-state index in [0.29, 0.717) is 0 Å². The number of nitrogens with zero attached hydrogens (tertiary/aromatic N) is 1. The molecule has 6 heteroatoms. The van der Waals surface area contributed by atoms with E-state index >= 15 is 0 Å². The van der Waals surface area contributed by atoms with Gasteiger partial charge in [-0.3, -0.25) is 4.90 Å². The van der Waals surface area contributed by atoms with Gasteiger partial charge in [0.1, 0.15) is 5.60 Å². The predicted molar refractivity (Wildman–Crippen MR) is 157 cm³/mol. The number of likely N-dealkylation sites (tertiary alicyclic amines) is 1. The van der Waals surface area contributed by atoms with E-state index in [1.165, 1.54) is 5.56 Å². The number of benzene rings is 3. The normalized spacial score (nSPS) is 18.5. The number of rotatable bonds is 9. The van der Waals surface area contributed by atoms with Gasteiger partial charge in [0.05, 0.1) is 6.04 Å². The van der Waals surface area contributed by atoms with Gasteiger partial charge in [0, 0.05) is 19.1 Å². The molecule has 0 radical (unpaired) electrons. The summed E-state index contributed by atoms with van der Waals surface area (Å²) in [6, 6.07) is 30.9. The Kier molecular flexibility index (Phi) is 8.45. The van der Waals surface area contributed by atoms with Crippen molar-refractivity contribution in [2.24, 2.45) is 0 Å². The monoisotopic (exact) mass is 530 g/mol. The standard InChI is InChI=1S/C32H42N2O3Si/c1-31(2,3)37-30(35)33-28-24-34(23-25-15-9-6-10-16-25)29(28)21-22-32(4,5)38(36,26-17-11-7-12-18-26)27-19-13-8-14-20-27/h6-20,28-29,36H,21-24H2,1-5H3,(H,33,35)/t28-,29-/m1/s1. The number of hydrogen-bond donors (Lipinski definition) is 2. The molecule has 38 heavy (non-hydrogen) atoms. The van der Waals surface area contributed by atoms with Gasteiger partial charge >= 0.3 is 6.09 Å². The van der Waals surface area contributed by atoms with Crippen molar-refractivity contribution in [1.82, 2.24) is 10.2 Å². The van der Waals surface area contributed by atoms with Gasteiger partial charge in [0.2, 0.25) is 0 Å². The van der Waals surface area contributed by atoms with Crippen LogP contribution in [0.1, 0.15) is 53.0 Å². The lowest BCUT2D eigenvalue weighted by molar-refractivity contribution is 0.00800. The van der Waals surface area contributed by atoms with Crippen molar-refractivity contribution < 1.29 is 14.3 Å². The first-order valence-electron chi connectivity index (χ1n) is 13.6. The van der Waals surface area contributed by atoms with Crippen LogP contribution in [0.4, 0.5) is 4.79 Å². The first-order valence-corrected chi connectivity index (χ1v) is 15.6. The largest absolute Gasteiger partial charge is 0.444 e. The molecule has 1 aliphatic rings. The van der Waals surface area contributed by atoms with Crippen LogP contribution >= 0.6 is 0 Å². The van der Waals surface area contributed by atoms with E-state index in [1.807, 2.05) is 63.2 Å². The van der Waals surface area contributed by atoms with Gasteiger partial charge in [0.25, 0.3) is 8.32 Å². The lowest BCUT2D eigenvalue weighted by atomic mass is 9.88. The molecule has 4 rings (SSSR count). The van der Waals surface area contributed by atoms with Crippen LogP contribution in [0.25, 0.3) is 0 Å². The first-order chi connectivity index (χ1) is 18.0. The second-order valence-electron chi connectivity index (χ2n) is 12.1. The molecule has 3 aromatic rings. The van der Waals surface area contributed by atoms with Gasteiger partial charge in [-0.25, -0.2) is 4.79 Å². The molecule has 0 bridgehead atoms. The maximum absolute atomic E-state index is 12.6. The van der Waals surface area contributed by atoms with Gasteiger partial charge in [0.15, 0.2) is 0 Å². The summed E-state index contributed by atoms with van der Waals surface area (Å²) in [6.07, 6.45) is 1.31. The van der Waals surface area contributed by atoms with Crippen LogP contribution in [0, 0.1) is 0 Å². The van der Waals surface area contributed by atoms with Crippen LogP contribution in [-0.2, 0) is 11.3 Å². The van der Waals surface area contributed by atoms with Crippen LogP contribution in [0.3, 0.4) is 0 Å². The first kappa shape index (κ1) is 28.1. The van der Waals surface area contributed by atoms with Crippen LogP contribution in [0.2, 0.25) is 5.04 Å². The summed E-state index contributed by atoms with van der Waals surface area (Å²) in [5.41, 5.74) is 0.717. The maximum Gasteiger partial charge on any atom is 0.407 e. The van der Waals surface area contributed by atoms with E-state index in [2.05, 4.69) is 72.6 Å². The Bertz CT molecular complexity index is 1140. The molecule has 2 N–H and O–H groups in total. The van der Waals surface area contributed by atoms with E-state index in [4.69, 9.17) is 4.74 Å². The lowest BCUT2D eigenvalue weighted by Gasteiger charge is -2.50. The van der Waals surface area contributed by atoms with Gasteiger partial charge in [-0.1, -0.05) is 105 Å². The average molecular weight is 531 g/mol. The molecule has 5 nitrogen and oxygen atoms in total. The highest BCUT2D eigenvalue weighted by Crippen LogP contribution is 2.42. The third kappa shape index (κ3) is 6.37. The van der Waals surface area contributed by atoms with E-state index in [1.54, 1.807) is 0 Å². The molecule has 3 aromatic carbocycles. The molecule has 0 aromatic heterocycles. The second kappa shape index (κ2) is 11.4. The zero-order valence-electron chi connectivity index (χ0n) is 23.4. The molecular formula is C32H42N2O3Si. The SMILES string of the molecule is CC(C)(C)OC(=O)N[C@@H]1CN(Cc2ccccc2)[C@@H]1CCC(C)(C)[Si](O)(c1ccccc1)c1ccccc1. The predicted octanol–water partition coefficient (Wildman–Crippen LogP) is 5.08. The Morgan fingerprint density at radius 2 is 1.39 bits per heavy atom. The zero-order chi connectivity index (χ0) is 27.4. The molecular weight excluding hydrogens is 488 g/mol. The number of carbonyl (C=O) groups is 1. The minimum absolute atomic E-state index is 0.00701. The molecule has 1 fully saturated rings. The summed E-state index contributed by atoms with van der Waals surface area (Å²) in [5, 5.41) is 4.82. The highest BCUT2D eigenvalue weighted by molar-refractivity contribution is 6.98. The Balaban J connectivity index is 1.56. The third-order valence-corrected chi connectivity index (χ3v) is 12.3. The summed E-state index contributed by atoms with van der Waals surface area (Å²) in [5.74, 6) is 0. The van der Waals surface area contributed by atoms with Crippen molar-refractivity contribution in [3.63, 3.8) is 0 Å². The number of alkyl carbamates (subject to hydrolysis) is 1. The zero-order valence-corrected chi connectivity index (χ0v) is 24.4. The van der Waals surface area contributed by atoms with Crippen molar-refractivity contribution in [3.05, 3.63) is 96.6 Å². The quantitative estimate of drug-likeness (QED) is 0.379. The smallest absolute Gasteiger partial charge is 0.407 e. The molecule has 0 unspecified atom stereocenters. The summed E-state index contributed by atoms with van der Waals surface area (Å²) >= 11 is 0. The molecule has 1 aliphatic heterocycles. The van der Waals surface area contributed by atoms with E-state index < -0.39 is 13.9 Å². The molecule has 1 amide bonds. The van der Waals surface area contributed by atoms with E-state index in [-0.39, 0.29) is 23.2 Å². The highest BCUT2D eigenvalue weighted by atomic mass is 28.4. The second-order valence-corrected chi connectivity index (χ2v) is 16.0. The van der Waals surface area contributed by atoms with Gasteiger partial charge in [-0.15, -0.1) is 0 Å². The van der Waals surface area contributed by atoms with Crippen molar-refractivity contribution in [1.29, 1.82) is 0 Å². The van der Waals surface area contributed by atoms with Crippen LogP contribution in [0.5, 0.6) is 0 Å². The fourth-order valence-electron chi connectivity index (χ4n) is 5.61. The molecule has 0 aliphatic carbocycles. The van der Waals surface area contributed by atoms with Crippen molar-refractivity contribution in [3.8, 4) is 0 Å². The summed E-state index contributed by atoms with van der Waals surface area (Å²) in [7, 11) is -3.10. The number of hydrogen-bond acceptors (Lipinski definition) is 4. The number of amides is 1. The van der Waals surface area contributed by atoms with Crippen molar-refractivity contribution in [2.45, 2.75) is 76.7 Å². The summed E-state index contributed by atoms with van der Waals surface area (Å²) < 4.78 is 5.56. The number of ether oxygens (including phenoxy) is 1. The van der Waals surface area contributed by atoms with E-state index in [0.717, 1.165) is 36.3 Å². The van der Waals surface area contributed by atoms with E-state index in [9.17, 15) is 9.59 Å². The van der Waals surface area contributed by atoms with Crippen molar-refractivity contribution in [2.75, 3.05) is 6.54 Å². The summed E-state index contributed by atoms with van der Waals surface area (Å²) in [4.78, 5) is 27.6. The molecule has 1 heterocycles. The fraction of sp³-hybridized carbons (Fsp3) is 0.406. The molecule has 0 saturated carbocycles. The lowest BCUT2D eigenvalue weighted by Crippen LogP contribution is -2.68. The number of nitrogens with one attached hydrogen (secondary N) is 1. The Labute approximate surface area is 229 Å². The molecule has 2 atom stereocenters. The van der Waals surface area contributed by atoms with Crippen LogP contribution in [0.15, 0.2) is 91.0 Å². The molecule has 0 spiro atoms. The Morgan fingerprint density at radius 1 is 0.895 bits per heavy atom. The average Bonchev–Trinajstić information content (AvgIpc) is 2.88. The Morgan fingerprint density at radius 3 is 1.89 bits per heavy atom. The Hall–Kier alpha value is -2.93. The van der Waals surface area contributed by atoms with Crippen LogP contribution in [-0.4, -0.2) is 48.3 Å². The fourth-order valence-corrected chi connectivity index (χ4v) is 9.36. The third-order valence-electron chi connectivity index (χ3n) is 7.72. The maximum atomic E-state index is 12.6.